The standard InChI is InChI=1S/C22H28N4O5/c1-30-21-9-5-19(6-10-21)23-22(27)25(12-2-11-24-13-15-31-16-14-24)17-18-3-7-20(8-4-18)26(28)29/h3-10H,2,11-17H2,1H3,(H,23,27). The van der Waals surface area contributed by atoms with Crippen LogP contribution in [0.15, 0.2) is 48.5 Å². The maximum atomic E-state index is 13.0. The topological polar surface area (TPSA) is 97.2 Å². The predicted octanol–water partition coefficient (Wildman–Crippen LogP) is 3.36. The lowest BCUT2D eigenvalue weighted by Gasteiger charge is -2.28. The Kier molecular flexibility index (Phi) is 8.19. The number of amides is 2. The maximum absolute atomic E-state index is 13.0. The number of hydrogen-bond acceptors (Lipinski definition) is 6. The number of nitrogens with zero attached hydrogens (tertiary/aromatic N) is 3. The van der Waals surface area contributed by atoms with E-state index >= 15 is 0 Å². The van der Waals surface area contributed by atoms with Crippen molar-refractivity contribution in [3.05, 3.63) is 64.2 Å². The number of carbonyl (C=O) groups excluding carboxylic acids is 1. The lowest BCUT2D eigenvalue weighted by Crippen LogP contribution is -2.40. The molecule has 2 aromatic carbocycles. The van der Waals surface area contributed by atoms with E-state index in [1.807, 2.05) is 0 Å². The highest BCUT2D eigenvalue weighted by atomic mass is 16.6. The van der Waals surface area contributed by atoms with Crippen LogP contribution in [-0.4, -0.2) is 67.3 Å². The summed E-state index contributed by atoms with van der Waals surface area (Å²) in [4.78, 5) is 27.5. The van der Waals surface area contributed by atoms with Crippen molar-refractivity contribution in [2.75, 3.05) is 51.8 Å². The third-order valence-corrected chi connectivity index (χ3v) is 5.16. The Morgan fingerprint density at radius 2 is 1.84 bits per heavy atom. The first-order valence-electron chi connectivity index (χ1n) is 10.3. The van der Waals surface area contributed by atoms with Gasteiger partial charge in [-0.2, -0.15) is 0 Å². The summed E-state index contributed by atoms with van der Waals surface area (Å²) in [6, 6.07) is 13.2. The van der Waals surface area contributed by atoms with Gasteiger partial charge in [0.05, 0.1) is 25.2 Å². The zero-order chi connectivity index (χ0) is 22.1. The number of hydrogen-bond donors (Lipinski definition) is 1. The summed E-state index contributed by atoms with van der Waals surface area (Å²) >= 11 is 0. The van der Waals surface area contributed by atoms with Gasteiger partial charge in [-0.05, 0) is 36.2 Å². The number of rotatable bonds is 9. The largest absolute Gasteiger partial charge is 0.497 e. The highest BCUT2D eigenvalue weighted by Crippen LogP contribution is 2.17. The van der Waals surface area contributed by atoms with Gasteiger partial charge in [0.15, 0.2) is 0 Å². The zero-order valence-electron chi connectivity index (χ0n) is 17.7. The second kappa shape index (κ2) is 11.3. The van der Waals surface area contributed by atoms with E-state index in [0.29, 0.717) is 24.5 Å². The van der Waals surface area contributed by atoms with Gasteiger partial charge in [-0.3, -0.25) is 15.0 Å². The molecule has 0 aromatic heterocycles. The van der Waals surface area contributed by atoms with Crippen LogP contribution in [0.1, 0.15) is 12.0 Å². The van der Waals surface area contributed by atoms with Gasteiger partial charge < -0.3 is 19.7 Å². The molecule has 9 nitrogen and oxygen atoms in total. The average Bonchev–Trinajstić information content (AvgIpc) is 2.80. The van der Waals surface area contributed by atoms with E-state index in [2.05, 4.69) is 10.2 Å². The van der Waals surface area contributed by atoms with Crippen LogP contribution in [0.5, 0.6) is 5.75 Å². The van der Waals surface area contributed by atoms with Crippen molar-refractivity contribution in [3.8, 4) is 5.75 Å². The van der Waals surface area contributed by atoms with E-state index in [1.165, 1.54) is 12.1 Å². The Labute approximate surface area is 181 Å². The third-order valence-electron chi connectivity index (χ3n) is 5.16. The van der Waals surface area contributed by atoms with Crippen LogP contribution < -0.4 is 10.1 Å². The molecular formula is C22H28N4O5. The van der Waals surface area contributed by atoms with E-state index < -0.39 is 4.92 Å². The van der Waals surface area contributed by atoms with Gasteiger partial charge in [0.25, 0.3) is 5.69 Å². The number of non-ortho nitro benzene ring substituents is 1. The SMILES string of the molecule is COc1ccc(NC(=O)N(CCCN2CCOCC2)Cc2ccc([N+](=O)[O-])cc2)cc1. The highest BCUT2D eigenvalue weighted by molar-refractivity contribution is 5.89. The molecule has 1 aliphatic heterocycles. The molecule has 166 valence electrons. The monoisotopic (exact) mass is 428 g/mol. The number of carbonyl (C=O) groups is 1. The van der Waals surface area contributed by atoms with Crippen LogP contribution in [0.2, 0.25) is 0 Å². The number of ether oxygens (including phenoxy) is 2. The lowest BCUT2D eigenvalue weighted by atomic mass is 10.2. The molecule has 2 aromatic rings. The minimum Gasteiger partial charge on any atom is -0.497 e. The second-order valence-electron chi connectivity index (χ2n) is 7.31. The smallest absolute Gasteiger partial charge is 0.322 e. The van der Waals surface area contributed by atoms with Crippen LogP contribution in [0.3, 0.4) is 0 Å². The molecule has 1 aliphatic rings. The van der Waals surface area contributed by atoms with Crippen molar-refractivity contribution in [1.82, 2.24) is 9.80 Å². The molecule has 2 amide bonds. The first kappa shape index (κ1) is 22.5. The Hall–Kier alpha value is -3.17. The van der Waals surface area contributed by atoms with Gasteiger partial charge in [-0.25, -0.2) is 4.79 Å². The fraction of sp³-hybridized carbons (Fsp3) is 0.409. The van der Waals surface area contributed by atoms with Crippen LogP contribution in [0.25, 0.3) is 0 Å². The molecule has 31 heavy (non-hydrogen) atoms. The van der Waals surface area contributed by atoms with Crippen molar-refractivity contribution in [3.63, 3.8) is 0 Å². The first-order chi connectivity index (χ1) is 15.0. The molecule has 0 aliphatic carbocycles. The lowest BCUT2D eigenvalue weighted by molar-refractivity contribution is -0.384. The van der Waals surface area contributed by atoms with Crippen molar-refractivity contribution >= 4 is 17.4 Å². The number of nitro benzene ring substituents is 1. The van der Waals surface area contributed by atoms with Crippen LogP contribution in [0.4, 0.5) is 16.2 Å². The fourth-order valence-corrected chi connectivity index (χ4v) is 3.38. The Morgan fingerprint density at radius 3 is 2.45 bits per heavy atom. The maximum Gasteiger partial charge on any atom is 0.322 e. The molecule has 0 unspecified atom stereocenters. The molecular weight excluding hydrogens is 400 g/mol. The van der Waals surface area contributed by atoms with E-state index in [9.17, 15) is 14.9 Å². The van der Waals surface area contributed by atoms with Gasteiger partial charge in [-0.15, -0.1) is 0 Å². The van der Waals surface area contributed by atoms with Crippen molar-refractivity contribution in [1.29, 1.82) is 0 Å². The average molecular weight is 428 g/mol. The van der Waals surface area contributed by atoms with E-state index in [-0.39, 0.29) is 11.7 Å². The Bertz CT molecular complexity index is 851. The Morgan fingerprint density at radius 1 is 1.16 bits per heavy atom. The molecule has 9 heteroatoms. The van der Waals surface area contributed by atoms with Gasteiger partial charge in [0.1, 0.15) is 5.75 Å². The van der Waals surface area contributed by atoms with E-state index in [1.54, 1.807) is 48.4 Å². The normalized spacial score (nSPS) is 14.1. The number of benzene rings is 2. The molecule has 3 rings (SSSR count). The summed E-state index contributed by atoms with van der Waals surface area (Å²) in [7, 11) is 1.59. The Balaban J connectivity index is 1.64. The van der Waals surface area contributed by atoms with Gasteiger partial charge >= 0.3 is 6.03 Å². The molecule has 0 spiro atoms. The molecule has 1 saturated heterocycles. The number of nitrogens with one attached hydrogen (secondary N) is 1. The van der Waals surface area contributed by atoms with E-state index in [0.717, 1.165) is 44.8 Å². The molecule has 0 saturated carbocycles. The second-order valence-corrected chi connectivity index (χ2v) is 7.31. The summed E-state index contributed by atoms with van der Waals surface area (Å²) < 4.78 is 10.5. The van der Waals surface area contributed by atoms with Crippen LogP contribution >= 0.6 is 0 Å². The number of morpholine rings is 1. The number of nitro groups is 1. The summed E-state index contributed by atoms with van der Waals surface area (Å²) in [6.45, 7) is 5.10. The zero-order valence-corrected chi connectivity index (χ0v) is 17.7. The highest BCUT2D eigenvalue weighted by Gasteiger charge is 2.17. The molecule has 1 heterocycles. The fourth-order valence-electron chi connectivity index (χ4n) is 3.38. The minimum atomic E-state index is -0.430. The number of urea groups is 1. The van der Waals surface area contributed by atoms with Gasteiger partial charge in [-0.1, -0.05) is 12.1 Å². The quantitative estimate of drug-likeness (QED) is 0.486. The summed E-state index contributed by atoms with van der Waals surface area (Å²) in [5.41, 5.74) is 1.54. The summed E-state index contributed by atoms with van der Waals surface area (Å²) in [6.07, 6.45) is 0.822. The third kappa shape index (κ3) is 6.94. The first-order valence-corrected chi connectivity index (χ1v) is 10.3. The molecule has 1 N–H and O–H groups in total. The summed E-state index contributed by atoms with van der Waals surface area (Å²) in [5, 5.41) is 13.8. The molecule has 1 fully saturated rings. The van der Waals surface area contributed by atoms with E-state index in [4.69, 9.17) is 9.47 Å². The predicted molar refractivity (Wildman–Crippen MR) is 117 cm³/mol. The van der Waals surface area contributed by atoms with Crippen molar-refractivity contribution < 1.29 is 19.2 Å². The van der Waals surface area contributed by atoms with Crippen LogP contribution in [0, 0.1) is 10.1 Å². The number of anilines is 1. The molecule has 0 atom stereocenters. The number of methoxy groups -OCH3 is 1. The summed E-state index contributed by atoms with van der Waals surface area (Å²) in [5.74, 6) is 0.714. The molecule has 0 bridgehead atoms. The van der Waals surface area contributed by atoms with Gasteiger partial charge in [0, 0.05) is 50.5 Å². The van der Waals surface area contributed by atoms with Crippen molar-refractivity contribution in [2.24, 2.45) is 0 Å². The van der Waals surface area contributed by atoms with Crippen LogP contribution in [-0.2, 0) is 11.3 Å². The van der Waals surface area contributed by atoms with Gasteiger partial charge in [0.2, 0.25) is 0 Å². The molecule has 0 radical (unpaired) electrons. The van der Waals surface area contributed by atoms with Crippen molar-refractivity contribution in [2.45, 2.75) is 13.0 Å². The minimum absolute atomic E-state index is 0.0327.